The minimum Gasteiger partial charge on any atom is -0.394 e. The third-order valence-electron chi connectivity index (χ3n) is 14.6. The number of aliphatic hydroxyl groups is 4. The van der Waals surface area contributed by atoms with Crippen LogP contribution in [0.1, 0.15) is 328 Å². The van der Waals surface area contributed by atoms with Crippen molar-refractivity contribution < 1.29 is 25.2 Å². The standard InChI is InChI=1S/C63H121NO5/c1-3-5-7-9-11-13-15-17-19-21-23-25-27-29-31-33-35-37-39-41-43-45-47-49-51-53-55-57-61(67)63(69)64-59(58-65)62(68)60(66)56-54-52-50-48-46-44-42-40-38-36-34-32-30-28-26-24-22-20-18-16-14-12-10-8-6-4-2/h29,31,40,42,48,50,59-62,65-68H,3-28,30,32-39,41,43-47,49,51-58H2,1-2H3,(H,64,69)/b31-29-,42-40+,50-48+. The fourth-order valence-corrected chi connectivity index (χ4v) is 9.71. The molecule has 0 aromatic heterocycles. The number of rotatable bonds is 57. The van der Waals surface area contributed by atoms with E-state index in [1.165, 1.54) is 257 Å². The van der Waals surface area contributed by atoms with Gasteiger partial charge in [-0.3, -0.25) is 4.79 Å². The van der Waals surface area contributed by atoms with Gasteiger partial charge >= 0.3 is 0 Å². The summed E-state index contributed by atoms with van der Waals surface area (Å²) in [6.45, 7) is 4.08. The van der Waals surface area contributed by atoms with Crippen molar-refractivity contribution in [2.24, 2.45) is 0 Å². The summed E-state index contributed by atoms with van der Waals surface area (Å²) >= 11 is 0. The molecule has 5 N–H and O–H groups in total. The van der Waals surface area contributed by atoms with Crippen LogP contribution in [0.2, 0.25) is 0 Å². The molecule has 0 aliphatic heterocycles. The number of nitrogens with one attached hydrogen (secondary N) is 1. The molecule has 0 saturated heterocycles. The van der Waals surface area contributed by atoms with Gasteiger partial charge in [0.15, 0.2) is 0 Å². The van der Waals surface area contributed by atoms with Crippen molar-refractivity contribution in [3.05, 3.63) is 36.5 Å². The number of unbranched alkanes of at least 4 members (excludes halogenated alkanes) is 42. The van der Waals surface area contributed by atoms with Crippen molar-refractivity contribution in [3.8, 4) is 0 Å². The first-order chi connectivity index (χ1) is 34.0. The Hall–Kier alpha value is -1.47. The van der Waals surface area contributed by atoms with E-state index < -0.39 is 36.9 Å². The number of aliphatic hydroxyl groups excluding tert-OH is 4. The Morgan fingerprint density at radius 2 is 0.609 bits per heavy atom. The summed E-state index contributed by atoms with van der Waals surface area (Å²) in [7, 11) is 0. The van der Waals surface area contributed by atoms with E-state index in [0.717, 1.165) is 38.5 Å². The molecular weight excluding hydrogens is 851 g/mol. The minimum absolute atomic E-state index is 0.360. The Morgan fingerprint density at radius 3 is 0.913 bits per heavy atom. The number of hydrogen-bond donors (Lipinski definition) is 5. The molecule has 0 heterocycles. The van der Waals surface area contributed by atoms with Crippen molar-refractivity contribution in [1.82, 2.24) is 5.32 Å². The van der Waals surface area contributed by atoms with Crippen LogP contribution in [-0.2, 0) is 4.79 Å². The zero-order valence-corrected chi connectivity index (χ0v) is 46.3. The number of allylic oxidation sites excluding steroid dienone is 6. The Bertz CT molecular complexity index is 1090. The van der Waals surface area contributed by atoms with Crippen LogP contribution in [0, 0.1) is 0 Å². The average molecular weight is 973 g/mol. The first-order valence-electron chi connectivity index (χ1n) is 30.9. The van der Waals surface area contributed by atoms with Gasteiger partial charge in [0, 0.05) is 0 Å². The number of carbonyl (C=O) groups excluding carboxylic acids is 1. The van der Waals surface area contributed by atoms with Gasteiger partial charge in [0.25, 0.3) is 0 Å². The van der Waals surface area contributed by atoms with Crippen LogP contribution < -0.4 is 5.32 Å². The Kier molecular flexibility index (Phi) is 56.2. The topological polar surface area (TPSA) is 110 Å². The first kappa shape index (κ1) is 67.5. The van der Waals surface area contributed by atoms with Crippen LogP contribution in [-0.4, -0.2) is 57.3 Å². The maximum absolute atomic E-state index is 12.6. The molecule has 0 rings (SSSR count). The third kappa shape index (κ3) is 51.2. The second kappa shape index (κ2) is 57.4. The number of hydrogen-bond acceptors (Lipinski definition) is 5. The monoisotopic (exact) mass is 972 g/mol. The summed E-state index contributed by atoms with van der Waals surface area (Å²) in [5.74, 6) is -0.594. The van der Waals surface area contributed by atoms with E-state index in [0.29, 0.717) is 19.3 Å². The van der Waals surface area contributed by atoms with Crippen molar-refractivity contribution in [2.75, 3.05) is 6.61 Å². The fourth-order valence-electron chi connectivity index (χ4n) is 9.71. The third-order valence-corrected chi connectivity index (χ3v) is 14.6. The molecule has 0 aromatic rings. The van der Waals surface area contributed by atoms with Gasteiger partial charge in [-0.05, 0) is 77.0 Å². The molecule has 0 bridgehead atoms. The lowest BCUT2D eigenvalue weighted by Crippen LogP contribution is -2.53. The van der Waals surface area contributed by atoms with Gasteiger partial charge in [-0.1, -0.05) is 288 Å². The highest BCUT2D eigenvalue weighted by atomic mass is 16.3. The van der Waals surface area contributed by atoms with Crippen molar-refractivity contribution in [3.63, 3.8) is 0 Å². The highest BCUT2D eigenvalue weighted by Crippen LogP contribution is 2.18. The lowest BCUT2D eigenvalue weighted by Gasteiger charge is -2.27. The summed E-state index contributed by atoms with van der Waals surface area (Å²) < 4.78 is 0. The maximum atomic E-state index is 12.6. The van der Waals surface area contributed by atoms with E-state index >= 15 is 0 Å². The van der Waals surface area contributed by atoms with E-state index in [-0.39, 0.29) is 0 Å². The lowest BCUT2D eigenvalue weighted by molar-refractivity contribution is -0.132. The van der Waals surface area contributed by atoms with E-state index in [4.69, 9.17) is 0 Å². The summed E-state index contributed by atoms with van der Waals surface area (Å²) in [6, 6.07) is -1.01. The van der Waals surface area contributed by atoms with Crippen LogP contribution in [0.3, 0.4) is 0 Å². The normalized spacial score (nSPS) is 13.9. The van der Waals surface area contributed by atoms with E-state index in [1.807, 2.05) is 0 Å². The zero-order chi connectivity index (χ0) is 50.2. The van der Waals surface area contributed by atoms with Gasteiger partial charge in [-0.25, -0.2) is 0 Å². The van der Waals surface area contributed by atoms with Gasteiger partial charge in [-0.2, -0.15) is 0 Å². The smallest absolute Gasteiger partial charge is 0.249 e. The van der Waals surface area contributed by atoms with E-state index in [2.05, 4.69) is 55.6 Å². The summed E-state index contributed by atoms with van der Waals surface area (Å²) in [4.78, 5) is 12.6. The zero-order valence-electron chi connectivity index (χ0n) is 46.3. The molecule has 0 fully saturated rings. The quantitative estimate of drug-likeness (QED) is 0.0308. The van der Waals surface area contributed by atoms with Gasteiger partial charge in [0.2, 0.25) is 5.91 Å². The number of amides is 1. The fraction of sp³-hybridized carbons (Fsp3) is 0.889. The summed E-state index contributed by atoms with van der Waals surface area (Å²) in [5, 5.41) is 44.0. The predicted molar refractivity (Wildman–Crippen MR) is 302 cm³/mol. The molecule has 0 aliphatic rings. The van der Waals surface area contributed by atoms with Crippen LogP contribution in [0.5, 0.6) is 0 Å². The van der Waals surface area contributed by atoms with Gasteiger partial charge in [0.05, 0.1) is 18.8 Å². The Morgan fingerprint density at radius 1 is 0.348 bits per heavy atom. The average Bonchev–Trinajstić information content (AvgIpc) is 3.35. The van der Waals surface area contributed by atoms with Crippen molar-refractivity contribution in [2.45, 2.75) is 353 Å². The summed E-state index contributed by atoms with van der Waals surface area (Å²) in [6.07, 6.45) is 72.4. The maximum Gasteiger partial charge on any atom is 0.249 e. The molecule has 4 atom stereocenters. The minimum atomic E-state index is -1.29. The van der Waals surface area contributed by atoms with Crippen LogP contribution in [0.4, 0.5) is 0 Å². The summed E-state index contributed by atoms with van der Waals surface area (Å²) in [5.41, 5.74) is 0. The van der Waals surface area contributed by atoms with Crippen molar-refractivity contribution in [1.29, 1.82) is 0 Å². The molecule has 0 spiro atoms. The molecule has 0 aromatic carbocycles. The SMILES string of the molecule is CCCCCCCCCCCCCC/C=C\CCCCCCCCCCCCCC(O)C(=O)NC(CO)C(O)C(O)CCC/C=C/CC/C=C/CCCCCCCCCCCCCCCCCCC. The molecule has 1 amide bonds. The highest BCUT2D eigenvalue weighted by molar-refractivity contribution is 5.80. The molecule has 0 saturated carbocycles. The molecule has 6 heteroatoms. The molecule has 69 heavy (non-hydrogen) atoms. The Labute approximate surface area is 430 Å². The second-order valence-corrected chi connectivity index (χ2v) is 21.4. The molecule has 0 radical (unpaired) electrons. The van der Waals surface area contributed by atoms with Crippen LogP contribution in [0.15, 0.2) is 36.5 Å². The number of carbonyl (C=O) groups is 1. The van der Waals surface area contributed by atoms with E-state index in [9.17, 15) is 25.2 Å². The van der Waals surface area contributed by atoms with Gasteiger partial charge in [0.1, 0.15) is 12.2 Å². The lowest BCUT2D eigenvalue weighted by atomic mass is 10.00. The van der Waals surface area contributed by atoms with Gasteiger partial charge < -0.3 is 25.7 Å². The van der Waals surface area contributed by atoms with Gasteiger partial charge in [-0.15, -0.1) is 0 Å². The highest BCUT2D eigenvalue weighted by Gasteiger charge is 2.28. The largest absolute Gasteiger partial charge is 0.394 e. The molecular formula is C63H121NO5. The van der Waals surface area contributed by atoms with Crippen LogP contribution >= 0.6 is 0 Å². The molecule has 0 aliphatic carbocycles. The van der Waals surface area contributed by atoms with E-state index in [1.54, 1.807) is 0 Å². The van der Waals surface area contributed by atoms with Crippen LogP contribution in [0.25, 0.3) is 0 Å². The molecule has 408 valence electrons. The van der Waals surface area contributed by atoms with Crippen molar-refractivity contribution >= 4 is 5.91 Å². The molecule has 6 nitrogen and oxygen atoms in total. The predicted octanol–water partition coefficient (Wildman–Crippen LogP) is 18.4. The molecule has 4 unspecified atom stereocenters. The Balaban J connectivity index is 3.65. The second-order valence-electron chi connectivity index (χ2n) is 21.4. The first-order valence-corrected chi connectivity index (χ1v) is 30.9.